The van der Waals surface area contributed by atoms with E-state index in [4.69, 9.17) is 4.74 Å². The predicted molar refractivity (Wildman–Crippen MR) is 145 cm³/mol. The number of rotatable bonds is 5. The number of hydrogen-bond acceptors (Lipinski definition) is 7. The summed E-state index contributed by atoms with van der Waals surface area (Å²) in [5.41, 5.74) is 3.53. The van der Waals surface area contributed by atoms with Crippen LogP contribution in [0.3, 0.4) is 0 Å². The van der Waals surface area contributed by atoms with Crippen molar-refractivity contribution in [3.63, 3.8) is 0 Å². The highest BCUT2D eigenvalue weighted by molar-refractivity contribution is 7.13. The number of aryl methyl sites for hydroxylation is 1. The van der Waals surface area contributed by atoms with Gasteiger partial charge < -0.3 is 25.1 Å². The topological polar surface area (TPSA) is 96.1 Å². The molecule has 2 unspecified atom stereocenters. The molecule has 0 radical (unpaired) electrons. The van der Waals surface area contributed by atoms with E-state index in [9.17, 15) is 9.59 Å². The van der Waals surface area contributed by atoms with Crippen LogP contribution in [0.25, 0.3) is 21.6 Å². The molecule has 0 bridgehead atoms. The van der Waals surface area contributed by atoms with E-state index in [1.165, 1.54) is 6.42 Å². The number of thiazole rings is 1. The summed E-state index contributed by atoms with van der Waals surface area (Å²) < 4.78 is 5.34. The predicted octanol–water partition coefficient (Wildman–Crippen LogP) is 4.64. The van der Waals surface area contributed by atoms with Gasteiger partial charge in [-0.25, -0.2) is 4.98 Å². The first kappa shape index (κ1) is 27.0. The third-order valence-electron chi connectivity index (χ3n) is 6.52. The largest absolute Gasteiger partial charge is 0.496 e. The van der Waals surface area contributed by atoms with Gasteiger partial charge in [-0.3, -0.25) is 4.79 Å². The van der Waals surface area contributed by atoms with Gasteiger partial charge in [0.15, 0.2) is 5.43 Å². The first-order chi connectivity index (χ1) is 16.8. The minimum absolute atomic E-state index is 0.00389. The molecular formula is C27H38N4O3S. The first-order valence-corrected chi connectivity index (χ1v) is 13.2. The van der Waals surface area contributed by atoms with Crippen LogP contribution in [0.1, 0.15) is 57.2 Å². The number of nitrogens with one attached hydrogen (secondary N) is 3. The molecule has 35 heavy (non-hydrogen) atoms. The van der Waals surface area contributed by atoms with Gasteiger partial charge in [-0.05, 0) is 63.7 Å². The van der Waals surface area contributed by atoms with Crippen molar-refractivity contribution >= 4 is 28.5 Å². The summed E-state index contributed by atoms with van der Waals surface area (Å²) in [6.45, 7) is 9.45. The van der Waals surface area contributed by atoms with Gasteiger partial charge in [0.25, 0.3) is 0 Å². The lowest BCUT2D eigenvalue weighted by molar-refractivity contribution is -0.109. The number of carbonyl (C=O) groups excluding carboxylic acids is 1. The molecule has 1 aliphatic heterocycles. The van der Waals surface area contributed by atoms with E-state index >= 15 is 0 Å². The fraction of sp³-hybridized carbons (Fsp3) is 0.519. The molecule has 1 aromatic carbocycles. The van der Waals surface area contributed by atoms with Gasteiger partial charge in [0.2, 0.25) is 0 Å². The fourth-order valence-corrected chi connectivity index (χ4v) is 4.95. The number of benzene rings is 1. The van der Waals surface area contributed by atoms with Crippen LogP contribution in [0.5, 0.6) is 5.75 Å². The number of fused-ring (bicyclic) bond motifs is 1. The van der Waals surface area contributed by atoms with E-state index < -0.39 is 0 Å². The molecule has 2 aromatic heterocycles. The SMILES string of the molecule is CNC1C[C@H]1C.COc1ccc2c(=O)cc(-c3nc(C(C)C)cs3)[nH]c2c1C.O=CC1CCCN1. The van der Waals surface area contributed by atoms with E-state index in [0.717, 1.165) is 70.9 Å². The maximum absolute atomic E-state index is 12.4. The Morgan fingerprint density at radius 2 is 2.06 bits per heavy atom. The van der Waals surface area contributed by atoms with Gasteiger partial charge in [0, 0.05) is 28.4 Å². The lowest BCUT2D eigenvalue weighted by atomic mass is 10.1. The Morgan fingerprint density at radius 1 is 1.31 bits per heavy atom. The monoisotopic (exact) mass is 498 g/mol. The summed E-state index contributed by atoms with van der Waals surface area (Å²) in [4.78, 5) is 30.3. The van der Waals surface area contributed by atoms with E-state index in [2.05, 4.69) is 41.4 Å². The quantitative estimate of drug-likeness (QED) is 0.444. The molecule has 1 saturated carbocycles. The lowest BCUT2D eigenvalue weighted by Gasteiger charge is -2.09. The van der Waals surface area contributed by atoms with Crippen LogP contribution in [0, 0.1) is 12.8 Å². The van der Waals surface area contributed by atoms with Crippen molar-refractivity contribution in [3.8, 4) is 16.5 Å². The molecule has 0 spiro atoms. The zero-order chi connectivity index (χ0) is 25.5. The Bertz CT molecular complexity index is 1180. The number of hydrogen-bond donors (Lipinski definition) is 3. The minimum Gasteiger partial charge on any atom is -0.496 e. The summed E-state index contributed by atoms with van der Waals surface area (Å²) in [6, 6.07) is 6.26. The number of ether oxygens (including phenoxy) is 1. The molecule has 190 valence electrons. The molecule has 3 N–H and O–H groups in total. The summed E-state index contributed by atoms with van der Waals surface area (Å²) in [6.07, 6.45) is 4.55. The van der Waals surface area contributed by atoms with Gasteiger partial charge in [-0.15, -0.1) is 11.3 Å². The minimum atomic E-state index is -0.00389. The summed E-state index contributed by atoms with van der Waals surface area (Å²) in [5, 5.41) is 9.78. The summed E-state index contributed by atoms with van der Waals surface area (Å²) >= 11 is 1.55. The molecule has 8 heteroatoms. The highest BCUT2D eigenvalue weighted by Gasteiger charge is 2.30. The van der Waals surface area contributed by atoms with Gasteiger partial charge in [-0.2, -0.15) is 0 Å². The average molecular weight is 499 g/mol. The van der Waals surface area contributed by atoms with Crippen molar-refractivity contribution < 1.29 is 9.53 Å². The maximum atomic E-state index is 12.4. The zero-order valence-electron chi connectivity index (χ0n) is 21.6. The van der Waals surface area contributed by atoms with Crippen molar-refractivity contribution in [3.05, 3.63) is 45.1 Å². The van der Waals surface area contributed by atoms with E-state index in [0.29, 0.717) is 11.3 Å². The summed E-state index contributed by atoms with van der Waals surface area (Å²) in [7, 11) is 3.65. The van der Waals surface area contributed by atoms with E-state index in [1.54, 1.807) is 30.6 Å². The average Bonchev–Trinajstić information content (AvgIpc) is 3.26. The van der Waals surface area contributed by atoms with Gasteiger partial charge in [0.1, 0.15) is 17.0 Å². The Kier molecular flexibility index (Phi) is 9.60. The normalized spacial score (nSPS) is 20.6. The van der Waals surface area contributed by atoms with Crippen LogP contribution < -0.4 is 20.8 Å². The van der Waals surface area contributed by atoms with Crippen LogP contribution in [0.4, 0.5) is 0 Å². The first-order valence-electron chi connectivity index (χ1n) is 12.3. The number of methoxy groups -OCH3 is 1. The van der Waals surface area contributed by atoms with Crippen molar-refractivity contribution in [2.24, 2.45) is 5.92 Å². The Hall–Kier alpha value is -2.55. The molecule has 5 rings (SSSR count). The number of aldehydes is 1. The standard InChI is InChI=1S/C17H18N2O2S.C5H9NO.C5H11N/c1-9(2)13-8-22-17(19-13)12-7-14(20)11-5-6-15(21-4)10(3)16(11)18-12;7-4-5-2-1-3-6-5;1-4-3-5(4)6-2/h5-9H,1-4H3,(H,18,20);4-6H,1-3H2;4-6H,3H2,1-2H3/t;;4-,5?/m..1/s1. The number of pyridine rings is 1. The zero-order valence-corrected chi connectivity index (χ0v) is 22.4. The second-order valence-corrected chi connectivity index (χ2v) is 10.4. The lowest BCUT2D eigenvalue weighted by Crippen LogP contribution is -2.21. The highest BCUT2D eigenvalue weighted by atomic mass is 32.1. The van der Waals surface area contributed by atoms with Crippen LogP contribution in [0.15, 0.2) is 28.4 Å². The summed E-state index contributed by atoms with van der Waals surface area (Å²) in [5.74, 6) is 2.09. The Morgan fingerprint density at radius 3 is 2.51 bits per heavy atom. The molecule has 3 aromatic rings. The molecule has 3 heterocycles. The van der Waals surface area contributed by atoms with Gasteiger partial charge in [0.05, 0.1) is 30.1 Å². The highest BCUT2D eigenvalue weighted by Crippen LogP contribution is 2.29. The number of H-pyrrole nitrogens is 1. The van der Waals surface area contributed by atoms with Crippen LogP contribution in [-0.2, 0) is 4.79 Å². The van der Waals surface area contributed by atoms with Gasteiger partial charge >= 0.3 is 0 Å². The Labute approximate surface area is 211 Å². The third kappa shape index (κ3) is 6.99. The molecular weight excluding hydrogens is 460 g/mol. The molecule has 1 saturated heterocycles. The number of aromatic nitrogens is 2. The van der Waals surface area contributed by atoms with Crippen LogP contribution >= 0.6 is 11.3 Å². The third-order valence-corrected chi connectivity index (χ3v) is 7.42. The molecule has 2 aliphatic rings. The Balaban J connectivity index is 0.000000213. The van der Waals surface area contributed by atoms with E-state index in [-0.39, 0.29) is 11.5 Å². The molecule has 3 atom stereocenters. The number of nitrogens with zero attached hydrogens (tertiary/aromatic N) is 1. The number of aromatic amines is 1. The fourth-order valence-electron chi connectivity index (χ4n) is 4.00. The second-order valence-electron chi connectivity index (χ2n) is 9.54. The van der Waals surface area contributed by atoms with Crippen LogP contribution in [0.2, 0.25) is 0 Å². The van der Waals surface area contributed by atoms with Crippen molar-refractivity contribution in [1.29, 1.82) is 0 Å². The molecule has 7 nitrogen and oxygen atoms in total. The molecule has 1 aliphatic carbocycles. The van der Waals surface area contributed by atoms with Crippen molar-refractivity contribution in [1.82, 2.24) is 20.6 Å². The van der Waals surface area contributed by atoms with E-state index in [1.807, 2.05) is 25.4 Å². The van der Waals surface area contributed by atoms with Gasteiger partial charge in [-0.1, -0.05) is 20.8 Å². The van der Waals surface area contributed by atoms with Crippen LogP contribution in [-0.4, -0.2) is 49.0 Å². The molecule has 2 fully saturated rings. The number of carbonyl (C=O) groups is 1. The van der Waals surface area contributed by atoms with Crippen molar-refractivity contribution in [2.45, 2.75) is 65.0 Å². The second kappa shape index (κ2) is 12.4. The smallest absolute Gasteiger partial charge is 0.190 e. The maximum Gasteiger partial charge on any atom is 0.190 e. The molecule has 0 amide bonds. The van der Waals surface area contributed by atoms with Crippen molar-refractivity contribution in [2.75, 3.05) is 20.7 Å².